The fourth-order valence-corrected chi connectivity index (χ4v) is 2.09. The average molecular weight is 306 g/mol. The molecule has 21 heavy (non-hydrogen) atoms. The molecule has 0 saturated heterocycles. The topological polar surface area (TPSA) is 47.0 Å². The Morgan fingerprint density at radius 3 is 2.52 bits per heavy atom. The number of hydrogen-bond donors (Lipinski definition) is 1. The molecule has 0 saturated carbocycles. The van der Waals surface area contributed by atoms with Gasteiger partial charge in [0.1, 0.15) is 11.6 Å². The van der Waals surface area contributed by atoms with Crippen LogP contribution in [0.1, 0.15) is 20.3 Å². The van der Waals surface area contributed by atoms with Crippen LogP contribution in [0.3, 0.4) is 0 Å². The van der Waals surface area contributed by atoms with E-state index in [0.717, 1.165) is 35.8 Å². The summed E-state index contributed by atoms with van der Waals surface area (Å²) < 4.78 is 5.16. The molecule has 2 rings (SSSR count). The molecule has 0 aliphatic rings. The molecule has 0 radical (unpaired) electrons. The first-order valence-corrected chi connectivity index (χ1v) is 7.39. The van der Waals surface area contributed by atoms with Crippen LogP contribution >= 0.6 is 11.6 Å². The summed E-state index contributed by atoms with van der Waals surface area (Å²) in [6.07, 6.45) is 1.08. The molecule has 1 aromatic heterocycles. The Bertz CT molecular complexity index is 585. The lowest BCUT2D eigenvalue weighted by molar-refractivity contribution is 0.415. The van der Waals surface area contributed by atoms with Crippen LogP contribution in [0.25, 0.3) is 11.3 Å². The molecule has 112 valence electrons. The second-order valence-electron chi connectivity index (χ2n) is 5.25. The number of halogens is 1. The van der Waals surface area contributed by atoms with Gasteiger partial charge in [-0.3, -0.25) is 0 Å². The van der Waals surface area contributed by atoms with E-state index < -0.39 is 0 Å². The second-order valence-corrected chi connectivity index (χ2v) is 5.58. The van der Waals surface area contributed by atoms with Crippen LogP contribution in [-0.4, -0.2) is 23.6 Å². The summed E-state index contributed by atoms with van der Waals surface area (Å²) in [6.45, 7) is 5.25. The fourth-order valence-electron chi connectivity index (χ4n) is 1.91. The number of methoxy groups -OCH3 is 1. The van der Waals surface area contributed by atoms with E-state index in [4.69, 9.17) is 16.3 Å². The van der Waals surface area contributed by atoms with E-state index in [2.05, 4.69) is 29.1 Å². The molecule has 0 unspecified atom stereocenters. The number of nitrogens with one attached hydrogen (secondary N) is 1. The quantitative estimate of drug-likeness (QED) is 0.810. The zero-order valence-electron chi connectivity index (χ0n) is 12.6. The molecule has 0 spiro atoms. The van der Waals surface area contributed by atoms with Gasteiger partial charge in [0.2, 0.25) is 5.28 Å². The lowest BCUT2D eigenvalue weighted by Crippen LogP contribution is -2.07. The Morgan fingerprint density at radius 2 is 1.90 bits per heavy atom. The normalized spacial score (nSPS) is 10.7. The van der Waals surface area contributed by atoms with Crippen LogP contribution < -0.4 is 10.1 Å². The van der Waals surface area contributed by atoms with E-state index in [1.807, 2.05) is 30.3 Å². The van der Waals surface area contributed by atoms with Crippen molar-refractivity contribution >= 4 is 17.4 Å². The van der Waals surface area contributed by atoms with Gasteiger partial charge in [0.25, 0.3) is 0 Å². The molecule has 0 aliphatic heterocycles. The monoisotopic (exact) mass is 305 g/mol. The van der Waals surface area contributed by atoms with Crippen molar-refractivity contribution in [2.75, 3.05) is 19.0 Å². The van der Waals surface area contributed by atoms with Gasteiger partial charge in [-0.2, -0.15) is 0 Å². The van der Waals surface area contributed by atoms with Crippen molar-refractivity contribution in [1.29, 1.82) is 0 Å². The molecule has 0 atom stereocenters. The predicted molar refractivity (Wildman–Crippen MR) is 87.0 cm³/mol. The van der Waals surface area contributed by atoms with Crippen molar-refractivity contribution in [3.63, 3.8) is 0 Å². The molecule has 1 heterocycles. The summed E-state index contributed by atoms with van der Waals surface area (Å²) in [7, 11) is 1.65. The molecule has 1 N–H and O–H groups in total. The molecular weight excluding hydrogens is 286 g/mol. The lowest BCUT2D eigenvalue weighted by atomic mass is 10.1. The van der Waals surface area contributed by atoms with Crippen LogP contribution in [0.15, 0.2) is 30.3 Å². The van der Waals surface area contributed by atoms with Gasteiger partial charge in [-0.25, -0.2) is 9.97 Å². The minimum atomic E-state index is 0.246. The van der Waals surface area contributed by atoms with E-state index >= 15 is 0 Å². The number of nitrogens with zero attached hydrogens (tertiary/aromatic N) is 2. The van der Waals surface area contributed by atoms with E-state index in [1.54, 1.807) is 7.11 Å². The molecular formula is C16H20ClN3O. The maximum atomic E-state index is 6.01. The molecule has 1 aromatic carbocycles. The molecule has 2 aromatic rings. The third-order valence-corrected chi connectivity index (χ3v) is 3.28. The fraction of sp³-hybridized carbons (Fsp3) is 0.375. The summed E-state index contributed by atoms with van der Waals surface area (Å²) in [4.78, 5) is 8.48. The van der Waals surface area contributed by atoms with Crippen LogP contribution in [0.5, 0.6) is 5.75 Å². The van der Waals surface area contributed by atoms with Crippen molar-refractivity contribution < 1.29 is 4.74 Å². The molecule has 0 fully saturated rings. The van der Waals surface area contributed by atoms with Crippen LogP contribution in [0.2, 0.25) is 5.28 Å². The standard InChI is InChI=1S/C16H20ClN3O/c1-11(2)8-9-18-15-10-14(19-16(17)20-15)12-4-6-13(21-3)7-5-12/h4-7,10-11H,8-9H2,1-3H3,(H,18,19,20). The lowest BCUT2D eigenvalue weighted by Gasteiger charge is -2.09. The largest absolute Gasteiger partial charge is 0.497 e. The van der Waals surface area contributed by atoms with E-state index in [1.165, 1.54) is 0 Å². The van der Waals surface area contributed by atoms with Crippen molar-refractivity contribution in [3.05, 3.63) is 35.6 Å². The zero-order chi connectivity index (χ0) is 15.2. The van der Waals surface area contributed by atoms with Gasteiger partial charge in [-0.05, 0) is 48.2 Å². The van der Waals surface area contributed by atoms with E-state index in [9.17, 15) is 0 Å². The Morgan fingerprint density at radius 1 is 1.19 bits per heavy atom. The number of hydrogen-bond acceptors (Lipinski definition) is 4. The molecule has 0 bridgehead atoms. The smallest absolute Gasteiger partial charge is 0.224 e. The third kappa shape index (κ3) is 4.60. The second kappa shape index (κ2) is 7.27. The number of ether oxygens (including phenoxy) is 1. The number of anilines is 1. The molecule has 0 amide bonds. The summed E-state index contributed by atoms with van der Waals surface area (Å²) >= 11 is 6.01. The Kier molecular flexibility index (Phi) is 5.39. The van der Waals surface area contributed by atoms with E-state index in [0.29, 0.717) is 5.92 Å². The van der Waals surface area contributed by atoms with Crippen molar-refractivity contribution in [2.45, 2.75) is 20.3 Å². The first-order chi connectivity index (χ1) is 10.1. The highest BCUT2D eigenvalue weighted by molar-refractivity contribution is 6.28. The highest BCUT2D eigenvalue weighted by atomic mass is 35.5. The minimum Gasteiger partial charge on any atom is -0.497 e. The molecule has 4 nitrogen and oxygen atoms in total. The summed E-state index contributed by atoms with van der Waals surface area (Å²) in [5.41, 5.74) is 1.77. The van der Waals surface area contributed by atoms with Gasteiger partial charge in [0.15, 0.2) is 0 Å². The summed E-state index contributed by atoms with van der Waals surface area (Å²) in [6, 6.07) is 9.62. The van der Waals surface area contributed by atoms with Crippen LogP contribution in [0, 0.1) is 5.92 Å². The minimum absolute atomic E-state index is 0.246. The SMILES string of the molecule is COc1ccc(-c2cc(NCCC(C)C)nc(Cl)n2)cc1. The summed E-state index contributed by atoms with van der Waals surface area (Å²) in [5.74, 6) is 2.21. The van der Waals surface area contributed by atoms with Gasteiger partial charge in [0.05, 0.1) is 12.8 Å². The highest BCUT2D eigenvalue weighted by Gasteiger charge is 2.06. The first-order valence-electron chi connectivity index (χ1n) is 7.01. The first kappa shape index (κ1) is 15.6. The van der Waals surface area contributed by atoms with E-state index in [-0.39, 0.29) is 5.28 Å². The number of aromatic nitrogens is 2. The number of benzene rings is 1. The van der Waals surface area contributed by atoms with Crippen LogP contribution in [0.4, 0.5) is 5.82 Å². The Labute approximate surface area is 130 Å². The Hall–Kier alpha value is -1.81. The average Bonchev–Trinajstić information content (AvgIpc) is 2.46. The van der Waals surface area contributed by atoms with Gasteiger partial charge in [-0.1, -0.05) is 13.8 Å². The number of rotatable bonds is 6. The summed E-state index contributed by atoms with van der Waals surface area (Å²) in [5, 5.41) is 3.53. The van der Waals surface area contributed by atoms with Crippen molar-refractivity contribution in [1.82, 2.24) is 9.97 Å². The van der Waals surface area contributed by atoms with Crippen LogP contribution in [-0.2, 0) is 0 Å². The van der Waals surface area contributed by atoms with Gasteiger partial charge in [-0.15, -0.1) is 0 Å². The Balaban J connectivity index is 2.17. The van der Waals surface area contributed by atoms with Gasteiger partial charge < -0.3 is 10.1 Å². The van der Waals surface area contributed by atoms with Gasteiger partial charge in [0, 0.05) is 18.2 Å². The maximum absolute atomic E-state index is 6.01. The highest BCUT2D eigenvalue weighted by Crippen LogP contribution is 2.23. The van der Waals surface area contributed by atoms with Crippen molar-refractivity contribution in [2.24, 2.45) is 5.92 Å². The van der Waals surface area contributed by atoms with Gasteiger partial charge >= 0.3 is 0 Å². The third-order valence-electron chi connectivity index (χ3n) is 3.11. The zero-order valence-corrected chi connectivity index (χ0v) is 13.3. The maximum Gasteiger partial charge on any atom is 0.224 e. The van der Waals surface area contributed by atoms with Crippen molar-refractivity contribution in [3.8, 4) is 17.0 Å². The predicted octanol–water partition coefficient (Wildman–Crippen LogP) is 4.26. The molecule has 0 aliphatic carbocycles. The molecule has 5 heteroatoms.